The Labute approximate surface area is 97.8 Å². The summed E-state index contributed by atoms with van der Waals surface area (Å²) in [6, 6.07) is 0. The molecule has 2 rings (SSSR count). The maximum Gasteiger partial charge on any atom is 0.389 e. The third-order valence-corrected chi connectivity index (χ3v) is 3.16. The van der Waals surface area contributed by atoms with E-state index in [0.717, 1.165) is 25.7 Å². The van der Waals surface area contributed by atoms with Gasteiger partial charge in [0.2, 0.25) is 0 Å². The van der Waals surface area contributed by atoms with Gasteiger partial charge in [0.25, 0.3) is 0 Å². The van der Waals surface area contributed by atoms with Crippen molar-refractivity contribution >= 4 is 0 Å². The third-order valence-electron chi connectivity index (χ3n) is 3.16. The molecule has 17 heavy (non-hydrogen) atoms. The van der Waals surface area contributed by atoms with E-state index in [0.29, 0.717) is 17.6 Å². The van der Waals surface area contributed by atoms with Gasteiger partial charge in [-0.2, -0.15) is 18.3 Å². The lowest BCUT2D eigenvalue weighted by Gasteiger charge is -2.18. The fourth-order valence-electron chi connectivity index (χ4n) is 2.23. The molecule has 1 aromatic heterocycles. The van der Waals surface area contributed by atoms with Crippen LogP contribution in [0.15, 0.2) is 0 Å². The highest BCUT2D eigenvalue weighted by atomic mass is 19.4. The first kappa shape index (κ1) is 12.4. The molecule has 0 aliphatic heterocycles. The largest absolute Gasteiger partial charge is 0.389 e. The van der Waals surface area contributed by atoms with E-state index in [-0.39, 0.29) is 6.42 Å². The van der Waals surface area contributed by atoms with Crippen molar-refractivity contribution in [2.45, 2.75) is 57.0 Å². The highest BCUT2D eigenvalue weighted by Crippen LogP contribution is 2.30. The number of nitrogens with zero attached hydrogens (tertiary/aromatic N) is 2. The maximum absolute atomic E-state index is 12.0. The van der Waals surface area contributed by atoms with E-state index in [1.165, 1.54) is 6.42 Å². The van der Waals surface area contributed by atoms with E-state index >= 15 is 0 Å². The van der Waals surface area contributed by atoms with Gasteiger partial charge in [0.05, 0.1) is 6.42 Å². The Balaban J connectivity index is 1.91. The molecule has 1 fully saturated rings. The fraction of sp³-hybridized carbons (Fsp3) is 0.818. The highest BCUT2D eigenvalue weighted by Gasteiger charge is 2.27. The van der Waals surface area contributed by atoms with Crippen molar-refractivity contribution in [3.63, 3.8) is 0 Å². The van der Waals surface area contributed by atoms with Crippen LogP contribution in [0.25, 0.3) is 0 Å². The van der Waals surface area contributed by atoms with E-state index < -0.39 is 12.6 Å². The minimum atomic E-state index is -4.13. The van der Waals surface area contributed by atoms with Crippen molar-refractivity contribution in [3.05, 3.63) is 11.6 Å². The van der Waals surface area contributed by atoms with Gasteiger partial charge < -0.3 is 0 Å². The fourth-order valence-corrected chi connectivity index (χ4v) is 2.23. The van der Waals surface area contributed by atoms with Crippen LogP contribution < -0.4 is 0 Å². The molecular weight excluding hydrogens is 231 g/mol. The van der Waals surface area contributed by atoms with Gasteiger partial charge in [0, 0.05) is 12.3 Å². The van der Waals surface area contributed by atoms with Gasteiger partial charge in [-0.3, -0.25) is 5.10 Å². The number of rotatable bonds is 3. The van der Waals surface area contributed by atoms with Gasteiger partial charge >= 0.3 is 6.18 Å². The zero-order chi connectivity index (χ0) is 12.3. The van der Waals surface area contributed by atoms with Crippen LogP contribution in [-0.2, 0) is 6.42 Å². The van der Waals surface area contributed by atoms with Crippen LogP contribution in [0.3, 0.4) is 0 Å². The number of hydrogen-bond donors (Lipinski definition) is 1. The topological polar surface area (TPSA) is 41.6 Å². The Bertz CT molecular complexity index is 353. The Hall–Kier alpha value is -1.07. The van der Waals surface area contributed by atoms with Crippen LogP contribution in [0, 0.1) is 0 Å². The second kappa shape index (κ2) is 5.06. The first-order valence-electron chi connectivity index (χ1n) is 6.02. The molecule has 0 atom stereocenters. The second-order valence-corrected chi connectivity index (χ2v) is 4.59. The summed E-state index contributed by atoms with van der Waals surface area (Å²) in [5, 5.41) is 6.65. The molecule has 1 saturated carbocycles. The molecule has 0 spiro atoms. The van der Waals surface area contributed by atoms with Crippen LogP contribution in [0.4, 0.5) is 13.2 Å². The van der Waals surface area contributed by atoms with E-state index in [9.17, 15) is 13.2 Å². The number of alkyl halides is 3. The molecule has 1 aromatic rings. The van der Waals surface area contributed by atoms with E-state index in [1.807, 2.05) is 0 Å². The van der Waals surface area contributed by atoms with Gasteiger partial charge in [-0.25, -0.2) is 4.98 Å². The molecule has 1 aliphatic rings. The average molecular weight is 247 g/mol. The normalized spacial score (nSPS) is 18.5. The summed E-state index contributed by atoms with van der Waals surface area (Å²) in [6.07, 6.45) is 0.594. The van der Waals surface area contributed by atoms with Crippen molar-refractivity contribution in [3.8, 4) is 0 Å². The van der Waals surface area contributed by atoms with Crippen LogP contribution in [0.5, 0.6) is 0 Å². The minimum absolute atomic E-state index is 0.108. The highest BCUT2D eigenvalue weighted by molar-refractivity contribution is 4.99. The van der Waals surface area contributed by atoms with Crippen molar-refractivity contribution in [2.75, 3.05) is 0 Å². The van der Waals surface area contributed by atoms with Crippen LogP contribution >= 0.6 is 0 Å². The monoisotopic (exact) mass is 247 g/mol. The van der Waals surface area contributed by atoms with E-state index in [4.69, 9.17) is 0 Å². The molecule has 0 unspecified atom stereocenters. The summed E-state index contributed by atoms with van der Waals surface area (Å²) in [5.74, 6) is 1.38. The predicted molar refractivity (Wildman–Crippen MR) is 56.6 cm³/mol. The number of aromatic nitrogens is 3. The maximum atomic E-state index is 12.0. The molecule has 1 N–H and O–H groups in total. The number of hydrogen-bond acceptors (Lipinski definition) is 2. The van der Waals surface area contributed by atoms with Gasteiger partial charge in [-0.15, -0.1) is 0 Å². The van der Waals surface area contributed by atoms with Gasteiger partial charge in [0.1, 0.15) is 5.82 Å². The van der Waals surface area contributed by atoms with E-state index in [2.05, 4.69) is 15.2 Å². The van der Waals surface area contributed by atoms with Crippen LogP contribution in [0.1, 0.15) is 56.1 Å². The summed E-state index contributed by atoms with van der Waals surface area (Å²) in [6.45, 7) is 0. The Morgan fingerprint density at radius 3 is 2.53 bits per heavy atom. The van der Waals surface area contributed by atoms with Gasteiger partial charge in [-0.05, 0) is 12.8 Å². The molecule has 0 saturated heterocycles. The average Bonchev–Trinajstić information content (AvgIpc) is 2.75. The SMILES string of the molecule is FC(F)(F)CCc1nc(C2CCCCC2)n[nH]1. The Morgan fingerprint density at radius 2 is 1.88 bits per heavy atom. The van der Waals surface area contributed by atoms with Crippen LogP contribution in [-0.4, -0.2) is 21.4 Å². The summed E-state index contributed by atoms with van der Waals surface area (Å²) < 4.78 is 36.1. The number of aromatic amines is 1. The predicted octanol–water partition coefficient (Wildman–Crippen LogP) is 3.35. The summed E-state index contributed by atoms with van der Waals surface area (Å²) in [7, 11) is 0. The Morgan fingerprint density at radius 1 is 1.18 bits per heavy atom. The molecule has 3 nitrogen and oxygen atoms in total. The quantitative estimate of drug-likeness (QED) is 0.889. The van der Waals surface area contributed by atoms with Crippen molar-refractivity contribution in [1.82, 2.24) is 15.2 Å². The van der Waals surface area contributed by atoms with E-state index in [1.54, 1.807) is 0 Å². The van der Waals surface area contributed by atoms with Gasteiger partial charge in [-0.1, -0.05) is 19.3 Å². The van der Waals surface area contributed by atoms with Crippen molar-refractivity contribution in [1.29, 1.82) is 0 Å². The molecule has 0 amide bonds. The number of aryl methyl sites for hydroxylation is 1. The third kappa shape index (κ3) is 3.71. The number of halogens is 3. The molecule has 6 heteroatoms. The standard InChI is InChI=1S/C11H16F3N3/c12-11(13,14)7-6-9-15-10(17-16-9)8-4-2-1-3-5-8/h8H,1-7H2,(H,15,16,17). The summed E-state index contributed by atoms with van der Waals surface area (Å²) in [4.78, 5) is 4.17. The molecular formula is C11H16F3N3. The lowest BCUT2D eigenvalue weighted by molar-refractivity contribution is -0.134. The lowest BCUT2D eigenvalue weighted by atomic mass is 9.89. The van der Waals surface area contributed by atoms with Crippen LogP contribution in [0.2, 0.25) is 0 Å². The summed E-state index contributed by atoms with van der Waals surface area (Å²) >= 11 is 0. The molecule has 0 radical (unpaired) electrons. The summed E-state index contributed by atoms with van der Waals surface area (Å²) in [5.41, 5.74) is 0. The van der Waals surface area contributed by atoms with Crippen molar-refractivity contribution in [2.24, 2.45) is 0 Å². The molecule has 1 aliphatic carbocycles. The van der Waals surface area contributed by atoms with Crippen molar-refractivity contribution < 1.29 is 13.2 Å². The zero-order valence-corrected chi connectivity index (χ0v) is 9.56. The molecule has 1 heterocycles. The first-order valence-corrected chi connectivity index (χ1v) is 6.02. The number of nitrogens with one attached hydrogen (secondary N) is 1. The number of H-pyrrole nitrogens is 1. The second-order valence-electron chi connectivity index (χ2n) is 4.59. The zero-order valence-electron chi connectivity index (χ0n) is 9.56. The molecule has 0 aromatic carbocycles. The lowest BCUT2D eigenvalue weighted by Crippen LogP contribution is -2.09. The minimum Gasteiger partial charge on any atom is -0.263 e. The molecule has 0 bridgehead atoms. The first-order chi connectivity index (χ1) is 8.04. The van der Waals surface area contributed by atoms with Gasteiger partial charge in [0.15, 0.2) is 5.82 Å². The Kier molecular flexibility index (Phi) is 3.69. The molecule has 96 valence electrons. The smallest absolute Gasteiger partial charge is 0.263 e.